The smallest absolute Gasteiger partial charge is 0.338 e. The van der Waals surface area contributed by atoms with Crippen LogP contribution in [0.25, 0.3) is 11.1 Å². The van der Waals surface area contributed by atoms with Crippen LogP contribution in [0.15, 0.2) is 48.5 Å². The first-order valence-corrected chi connectivity index (χ1v) is 6.12. The number of carbonyl (C=O) groups is 1. The van der Waals surface area contributed by atoms with E-state index in [-0.39, 0.29) is 5.97 Å². The fourth-order valence-electron chi connectivity index (χ4n) is 1.71. The summed E-state index contributed by atoms with van der Waals surface area (Å²) in [5.74, 6) is -0.327. The molecule has 3 heteroatoms. The molecule has 0 saturated carbocycles. The SMILES string of the molecule is CCOC(=O)c1ccc(Cl)c(-c2ccccc2)c1. The largest absolute Gasteiger partial charge is 0.462 e. The number of rotatable bonds is 3. The van der Waals surface area contributed by atoms with Crippen molar-refractivity contribution in [3.63, 3.8) is 0 Å². The van der Waals surface area contributed by atoms with Crippen LogP contribution in [-0.2, 0) is 4.74 Å². The molecule has 0 aliphatic rings. The van der Waals surface area contributed by atoms with Crippen molar-refractivity contribution in [2.24, 2.45) is 0 Å². The van der Waals surface area contributed by atoms with E-state index in [4.69, 9.17) is 16.3 Å². The number of benzene rings is 2. The van der Waals surface area contributed by atoms with E-state index < -0.39 is 0 Å². The summed E-state index contributed by atoms with van der Waals surface area (Å²) in [6.45, 7) is 2.15. The van der Waals surface area contributed by atoms with Gasteiger partial charge in [-0.15, -0.1) is 0 Å². The Bertz CT molecular complexity index is 550. The zero-order valence-electron chi connectivity index (χ0n) is 10.0. The average molecular weight is 261 g/mol. The molecule has 2 nitrogen and oxygen atoms in total. The molecule has 0 radical (unpaired) electrons. The fraction of sp³-hybridized carbons (Fsp3) is 0.133. The predicted octanol–water partition coefficient (Wildman–Crippen LogP) is 4.18. The summed E-state index contributed by atoms with van der Waals surface area (Å²) in [6, 6.07) is 14.9. The molecule has 0 fully saturated rings. The van der Waals surface area contributed by atoms with Crippen LogP contribution >= 0.6 is 11.6 Å². The monoisotopic (exact) mass is 260 g/mol. The van der Waals surface area contributed by atoms with Crippen LogP contribution in [0.1, 0.15) is 17.3 Å². The molecule has 2 aromatic rings. The Morgan fingerprint density at radius 2 is 1.89 bits per heavy atom. The molecule has 0 atom stereocenters. The van der Waals surface area contributed by atoms with Crippen LogP contribution in [-0.4, -0.2) is 12.6 Å². The van der Waals surface area contributed by atoms with Crippen molar-refractivity contribution >= 4 is 17.6 Å². The minimum Gasteiger partial charge on any atom is -0.462 e. The Hall–Kier alpha value is -1.80. The summed E-state index contributed by atoms with van der Waals surface area (Å²) in [5, 5.41) is 0.620. The molecule has 0 spiro atoms. The lowest BCUT2D eigenvalue weighted by Crippen LogP contribution is -2.04. The highest BCUT2D eigenvalue weighted by Gasteiger charge is 2.10. The summed E-state index contributed by atoms with van der Waals surface area (Å²) in [6.07, 6.45) is 0. The minimum absolute atomic E-state index is 0.327. The molecule has 0 aliphatic heterocycles. The second-order valence-electron chi connectivity index (χ2n) is 3.78. The van der Waals surface area contributed by atoms with E-state index in [0.717, 1.165) is 11.1 Å². The Morgan fingerprint density at radius 1 is 1.17 bits per heavy atom. The highest BCUT2D eigenvalue weighted by atomic mass is 35.5. The van der Waals surface area contributed by atoms with Gasteiger partial charge < -0.3 is 4.74 Å². The van der Waals surface area contributed by atoms with E-state index in [2.05, 4.69) is 0 Å². The molecular formula is C15H13ClO2. The molecule has 2 aromatic carbocycles. The van der Waals surface area contributed by atoms with Crippen molar-refractivity contribution in [3.8, 4) is 11.1 Å². The van der Waals surface area contributed by atoms with Gasteiger partial charge in [0.05, 0.1) is 12.2 Å². The van der Waals surface area contributed by atoms with Crippen molar-refractivity contribution in [3.05, 3.63) is 59.1 Å². The number of hydrogen-bond donors (Lipinski definition) is 0. The topological polar surface area (TPSA) is 26.3 Å². The summed E-state index contributed by atoms with van der Waals surface area (Å²) >= 11 is 6.16. The molecule has 0 heterocycles. The summed E-state index contributed by atoms with van der Waals surface area (Å²) in [5.41, 5.74) is 2.33. The van der Waals surface area contributed by atoms with E-state index in [0.29, 0.717) is 17.2 Å². The van der Waals surface area contributed by atoms with Crippen molar-refractivity contribution in [1.82, 2.24) is 0 Å². The number of ether oxygens (including phenoxy) is 1. The van der Waals surface area contributed by atoms with Gasteiger partial charge in [-0.2, -0.15) is 0 Å². The van der Waals surface area contributed by atoms with Crippen LogP contribution in [0.2, 0.25) is 5.02 Å². The molecular weight excluding hydrogens is 248 g/mol. The second kappa shape index (κ2) is 5.69. The molecule has 18 heavy (non-hydrogen) atoms. The summed E-state index contributed by atoms with van der Waals surface area (Å²) in [4.78, 5) is 11.7. The number of halogens is 1. The number of esters is 1. The average Bonchev–Trinajstić information content (AvgIpc) is 2.40. The third kappa shape index (κ3) is 2.71. The quantitative estimate of drug-likeness (QED) is 0.774. The van der Waals surface area contributed by atoms with Gasteiger partial charge >= 0.3 is 5.97 Å². The summed E-state index contributed by atoms with van der Waals surface area (Å²) < 4.78 is 4.98. The predicted molar refractivity (Wildman–Crippen MR) is 72.8 cm³/mol. The van der Waals surface area contributed by atoms with Gasteiger partial charge in [0.25, 0.3) is 0 Å². The maximum atomic E-state index is 11.7. The number of hydrogen-bond acceptors (Lipinski definition) is 2. The van der Waals surface area contributed by atoms with Crippen LogP contribution in [0.5, 0.6) is 0 Å². The van der Waals surface area contributed by atoms with Gasteiger partial charge in [0.1, 0.15) is 0 Å². The molecule has 0 unspecified atom stereocenters. The lowest BCUT2D eigenvalue weighted by molar-refractivity contribution is 0.0526. The van der Waals surface area contributed by atoms with Gasteiger partial charge in [-0.25, -0.2) is 4.79 Å². The highest BCUT2D eigenvalue weighted by molar-refractivity contribution is 6.33. The lowest BCUT2D eigenvalue weighted by Gasteiger charge is -2.07. The highest BCUT2D eigenvalue weighted by Crippen LogP contribution is 2.28. The first-order chi connectivity index (χ1) is 8.72. The number of carbonyl (C=O) groups excluding carboxylic acids is 1. The Labute approximate surface area is 111 Å². The van der Waals surface area contributed by atoms with Crippen LogP contribution in [0, 0.1) is 0 Å². The Balaban J connectivity index is 2.42. The molecule has 0 N–H and O–H groups in total. The molecule has 0 saturated heterocycles. The van der Waals surface area contributed by atoms with Gasteiger partial charge in [-0.1, -0.05) is 41.9 Å². The van der Waals surface area contributed by atoms with Crippen molar-refractivity contribution in [2.75, 3.05) is 6.61 Å². The minimum atomic E-state index is -0.327. The van der Waals surface area contributed by atoms with Crippen LogP contribution in [0.3, 0.4) is 0 Å². The van der Waals surface area contributed by atoms with E-state index in [1.165, 1.54) is 0 Å². The van der Waals surface area contributed by atoms with Crippen LogP contribution < -0.4 is 0 Å². The summed E-state index contributed by atoms with van der Waals surface area (Å²) in [7, 11) is 0. The third-order valence-electron chi connectivity index (χ3n) is 2.56. The molecule has 0 aliphatic carbocycles. The normalized spacial score (nSPS) is 10.1. The first-order valence-electron chi connectivity index (χ1n) is 5.74. The third-order valence-corrected chi connectivity index (χ3v) is 2.89. The molecule has 0 bridgehead atoms. The van der Waals surface area contributed by atoms with Gasteiger partial charge in [0, 0.05) is 10.6 Å². The zero-order chi connectivity index (χ0) is 13.0. The zero-order valence-corrected chi connectivity index (χ0v) is 10.8. The molecule has 0 aromatic heterocycles. The van der Waals surface area contributed by atoms with Gasteiger partial charge in [-0.3, -0.25) is 0 Å². The van der Waals surface area contributed by atoms with E-state index in [9.17, 15) is 4.79 Å². The van der Waals surface area contributed by atoms with E-state index >= 15 is 0 Å². The maximum absolute atomic E-state index is 11.7. The second-order valence-corrected chi connectivity index (χ2v) is 4.19. The molecule has 92 valence electrons. The van der Waals surface area contributed by atoms with Gasteiger partial charge in [0.15, 0.2) is 0 Å². The van der Waals surface area contributed by atoms with E-state index in [1.54, 1.807) is 25.1 Å². The van der Waals surface area contributed by atoms with Gasteiger partial charge in [0.2, 0.25) is 0 Å². The lowest BCUT2D eigenvalue weighted by atomic mass is 10.0. The Morgan fingerprint density at radius 3 is 2.56 bits per heavy atom. The van der Waals surface area contributed by atoms with Crippen LogP contribution in [0.4, 0.5) is 0 Å². The van der Waals surface area contributed by atoms with Crippen molar-refractivity contribution < 1.29 is 9.53 Å². The standard InChI is InChI=1S/C15H13ClO2/c1-2-18-15(17)12-8-9-14(16)13(10-12)11-6-4-3-5-7-11/h3-10H,2H2,1H3. The fourth-order valence-corrected chi connectivity index (χ4v) is 1.93. The maximum Gasteiger partial charge on any atom is 0.338 e. The molecule has 2 rings (SSSR count). The Kier molecular flexibility index (Phi) is 4.00. The van der Waals surface area contributed by atoms with Crippen molar-refractivity contribution in [1.29, 1.82) is 0 Å². The van der Waals surface area contributed by atoms with Gasteiger partial charge in [-0.05, 0) is 30.7 Å². The van der Waals surface area contributed by atoms with E-state index in [1.807, 2.05) is 30.3 Å². The molecule has 0 amide bonds. The first kappa shape index (κ1) is 12.7. The van der Waals surface area contributed by atoms with Crippen molar-refractivity contribution in [2.45, 2.75) is 6.92 Å².